The van der Waals surface area contributed by atoms with Crippen molar-refractivity contribution in [3.8, 4) is 0 Å². The number of ether oxygens (including phenoxy) is 2. The van der Waals surface area contributed by atoms with Gasteiger partial charge >= 0.3 is 11.9 Å². The molecule has 0 bridgehead atoms. The number of carbonyl (C=O) groups is 4. The van der Waals surface area contributed by atoms with Crippen molar-refractivity contribution in [3.05, 3.63) is 12.2 Å². The van der Waals surface area contributed by atoms with Gasteiger partial charge in [0.15, 0.2) is 13.2 Å². The molecule has 0 aromatic heterocycles. The molecule has 8 nitrogen and oxygen atoms in total. The Labute approximate surface area is 190 Å². The highest BCUT2D eigenvalue weighted by atomic mass is 16.5. The van der Waals surface area contributed by atoms with Gasteiger partial charge < -0.3 is 20.1 Å². The van der Waals surface area contributed by atoms with Gasteiger partial charge in [-0.1, -0.05) is 53.4 Å². The molecule has 2 amide bonds. The van der Waals surface area contributed by atoms with Crippen LogP contribution < -0.4 is 10.6 Å². The van der Waals surface area contributed by atoms with Crippen molar-refractivity contribution < 1.29 is 28.7 Å². The highest BCUT2D eigenvalue weighted by molar-refractivity contribution is 5.93. The third kappa shape index (κ3) is 8.28. The quantitative estimate of drug-likeness (QED) is 0.434. The van der Waals surface area contributed by atoms with Crippen molar-refractivity contribution >= 4 is 23.8 Å². The Hall–Kier alpha value is -2.38. The molecule has 180 valence electrons. The van der Waals surface area contributed by atoms with Gasteiger partial charge in [0.25, 0.3) is 11.8 Å². The highest BCUT2D eigenvalue weighted by Gasteiger charge is 2.29. The van der Waals surface area contributed by atoms with Crippen molar-refractivity contribution in [1.82, 2.24) is 10.6 Å². The van der Waals surface area contributed by atoms with Crippen LogP contribution in [-0.4, -0.2) is 49.1 Å². The van der Waals surface area contributed by atoms with Gasteiger partial charge in [-0.3, -0.25) is 9.59 Å². The third-order valence-corrected chi connectivity index (χ3v) is 7.15. The first kappa shape index (κ1) is 25.9. The van der Waals surface area contributed by atoms with E-state index in [1.54, 1.807) is 0 Å². The smallest absolute Gasteiger partial charge is 0.331 e. The largest absolute Gasteiger partial charge is 0.452 e. The Kier molecular flexibility index (Phi) is 10.2. The molecule has 0 aliphatic heterocycles. The Bertz CT molecular complexity index is 649. The SMILES string of the molecule is CC1CCCC(NC(=O)COC(=O)/C=C/C(=O)OCC(=O)NC2CCCC(C)C2C)C1C. The fourth-order valence-corrected chi connectivity index (χ4v) is 4.57. The maximum atomic E-state index is 12.0. The van der Waals surface area contributed by atoms with Gasteiger partial charge in [-0.25, -0.2) is 9.59 Å². The van der Waals surface area contributed by atoms with Crippen molar-refractivity contribution in [2.45, 2.75) is 78.3 Å². The number of carbonyl (C=O) groups excluding carboxylic acids is 4. The lowest BCUT2D eigenvalue weighted by atomic mass is 9.78. The second kappa shape index (κ2) is 12.6. The first-order valence-electron chi connectivity index (χ1n) is 11.8. The van der Waals surface area contributed by atoms with Crippen LogP contribution in [0.3, 0.4) is 0 Å². The van der Waals surface area contributed by atoms with Crippen molar-refractivity contribution in [2.75, 3.05) is 13.2 Å². The van der Waals surface area contributed by atoms with Crippen molar-refractivity contribution in [1.29, 1.82) is 0 Å². The van der Waals surface area contributed by atoms with E-state index in [1.165, 1.54) is 0 Å². The molecule has 6 unspecified atom stereocenters. The number of rotatable bonds is 8. The van der Waals surface area contributed by atoms with E-state index < -0.39 is 25.2 Å². The number of hydrogen-bond acceptors (Lipinski definition) is 6. The lowest BCUT2D eigenvalue weighted by Gasteiger charge is -2.34. The molecule has 0 saturated heterocycles. The number of esters is 2. The number of nitrogens with one attached hydrogen (secondary N) is 2. The summed E-state index contributed by atoms with van der Waals surface area (Å²) in [6.45, 7) is 7.77. The Morgan fingerprint density at radius 3 is 1.44 bits per heavy atom. The molecule has 2 saturated carbocycles. The summed E-state index contributed by atoms with van der Waals surface area (Å²) in [7, 11) is 0. The van der Waals surface area contributed by atoms with Gasteiger partial charge in [0.2, 0.25) is 0 Å². The van der Waals surface area contributed by atoms with E-state index in [0.29, 0.717) is 23.7 Å². The van der Waals surface area contributed by atoms with Gasteiger partial charge in [-0.05, 0) is 36.5 Å². The predicted octanol–water partition coefficient (Wildman–Crippen LogP) is 2.51. The number of hydrogen-bond donors (Lipinski definition) is 2. The molecule has 0 radical (unpaired) electrons. The van der Waals surface area contributed by atoms with E-state index >= 15 is 0 Å². The molecule has 0 aromatic rings. The fraction of sp³-hybridized carbons (Fsp3) is 0.750. The van der Waals surface area contributed by atoms with Crippen molar-refractivity contribution in [3.63, 3.8) is 0 Å². The van der Waals surface area contributed by atoms with E-state index in [1.807, 2.05) is 0 Å². The number of amides is 2. The monoisotopic (exact) mass is 450 g/mol. The zero-order chi connectivity index (χ0) is 23.7. The van der Waals surface area contributed by atoms with Crippen LogP contribution >= 0.6 is 0 Å². The van der Waals surface area contributed by atoms with Crippen LogP contribution in [0.4, 0.5) is 0 Å². The summed E-state index contributed by atoms with van der Waals surface area (Å²) in [6, 6.07) is 0.169. The van der Waals surface area contributed by atoms with E-state index in [4.69, 9.17) is 9.47 Å². The zero-order valence-electron chi connectivity index (χ0n) is 19.7. The molecule has 2 aliphatic carbocycles. The molecule has 2 fully saturated rings. The van der Waals surface area contributed by atoms with Crippen LogP contribution in [0.2, 0.25) is 0 Å². The molecule has 32 heavy (non-hydrogen) atoms. The lowest BCUT2D eigenvalue weighted by molar-refractivity contribution is -0.145. The fourth-order valence-electron chi connectivity index (χ4n) is 4.57. The molecule has 2 aliphatic rings. The Morgan fingerprint density at radius 2 is 1.06 bits per heavy atom. The first-order chi connectivity index (χ1) is 15.2. The zero-order valence-corrected chi connectivity index (χ0v) is 19.7. The van der Waals surface area contributed by atoms with E-state index in [9.17, 15) is 19.2 Å². The normalized spacial score (nSPS) is 30.4. The minimum atomic E-state index is -0.823. The van der Waals surface area contributed by atoms with Gasteiger partial charge in [0.05, 0.1) is 0 Å². The molecule has 2 rings (SSSR count). The van der Waals surface area contributed by atoms with E-state index in [-0.39, 0.29) is 23.9 Å². The van der Waals surface area contributed by atoms with Crippen molar-refractivity contribution in [2.24, 2.45) is 23.7 Å². The van der Waals surface area contributed by atoms with Gasteiger partial charge in [-0.2, -0.15) is 0 Å². The topological polar surface area (TPSA) is 111 Å². The summed E-state index contributed by atoms with van der Waals surface area (Å²) >= 11 is 0. The molecule has 0 aromatic carbocycles. The molecule has 2 N–H and O–H groups in total. The second-order valence-corrected chi connectivity index (χ2v) is 9.43. The van der Waals surface area contributed by atoms with Gasteiger partial charge in [-0.15, -0.1) is 0 Å². The standard InChI is InChI=1S/C24H38N2O6/c1-15-7-5-9-19(17(15)3)25-21(27)13-31-23(29)11-12-24(30)32-14-22(28)26-20-10-6-8-16(2)18(20)4/h11-12,15-20H,5-10,13-14H2,1-4H3,(H,25,27)(H,26,28)/b12-11+. The Balaban J connectivity index is 1.63. The van der Waals surface area contributed by atoms with Crippen LogP contribution in [0.15, 0.2) is 12.2 Å². The minimum Gasteiger partial charge on any atom is -0.452 e. The average Bonchev–Trinajstić information content (AvgIpc) is 2.75. The summed E-state index contributed by atoms with van der Waals surface area (Å²) in [6.07, 6.45) is 8.07. The lowest BCUT2D eigenvalue weighted by Crippen LogP contribution is -2.45. The highest BCUT2D eigenvalue weighted by Crippen LogP contribution is 2.30. The molecule has 6 atom stereocenters. The van der Waals surface area contributed by atoms with Crippen LogP contribution in [0.5, 0.6) is 0 Å². The summed E-state index contributed by atoms with van der Waals surface area (Å²) in [5.41, 5.74) is 0. The van der Waals surface area contributed by atoms with Gasteiger partial charge in [0.1, 0.15) is 0 Å². The molecule has 8 heteroatoms. The maximum Gasteiger partial charge on any atom is 0.331 e. The third-order valence-electron chi connectivity index (χ3n) is 7.15. The van der Waals surface area contributed by atoms with Gasteiger partial charge in [0, 0.05) is 24.2 Å². The summed E-state index contributed by atoms with van der Waals surface area (Å²) in [4.78, 5) is 47.6. The maximum absolute atomic E-state index is 12.0. The summed E-state index contributed by atoms with van der Waals surface area (Å²) < 4.78 is 9.76. The first-order valence-corrected chi connectivity index (χ1v) is 11.8. The molecule has 0 heterocycles. The summed E-state index contributed by atoms with van der Waals surface area (Å²) in [5, 5.41) is 5.83. The van der Waals surface area contributed by atoms with E-state index in [0.717, 1.165) is 50.7 Å². The van der Waals surface area contributed by atoms with E-state index in [2.05, 4.69) is 38.3 Å². The second-order valence-electron chi connectivity index (χ2n) is 9.43. The van der Waals surface area contributed by atoms with Crippen LogP contribution in [0, 0.1) is 23.7 Å². The van der Waals surface area contributed by atoms with Crippen LogP contribution in [0.1, 0.15) is 66.2 Å². The van der Waals surface area contributed by atoms with Crippen LogP contribution in [-0.2, 0) is 28.7 Å². The molecule has 0 spiro atoms. The average molecular weight is 451 g/mol. The minimum absolute atomic E-state index is 0.0847. The summed E-state index contributed by atoms with van der Waals surface area (Å²) in [5.74, 6) is -0.524. The van der Waals surface area contributed by atoms with Crippen LogP contribution in [0.25, 0.3) is 0 Å². The Morgan fingerprint density at radius 1 is 0.688 bits per heavy atom. The molecular weight excluding hydrogens is 412 g/mol. The predicted molar refractivity (Wildman–Crippen MR) is 119 cm³/mol. The molecular formula is C24H38N2O6.